The third-order valence-corrected chi connectivity index (χ3v) is 13.1. The summed E-state index contributed by atoms with van der Waals surface area (Å²) >= 11 is 0. The number of hydrogen-bond acceptors (Lipinski definition) is 28. The van der Waals surface area contributed by atoms with Crippen molar-refractivity contribution in [2.24, 2.45) is 11.8 Å². The highest BCUT2D eigenvalue weighted by molar-refractivity contribution is 6.26. The van der Waals surface area contributed by atoms with Crippen LogP contribution in [0.2, 0.25) is 0 Å². The van der Waals surface area contributed by atoms with Gasteiger partial charge in [0.05, 0.1) is 72.8 Å². The van der Waals surface area contributed by atoms with Crippen molar-refractivity contribution in [3.05, 3.63) is 120 Å². The molecule has 34 nitrogen and oxygen atoms in total. The van der Waals surface area contributed by atoms with Gasteiger partial charge in [-0.25, -0.2) is 38.3 Å². The lowest BCUT2D eigenvalue weighted by molar-refractivity contribution is -0.345. The number of carboxylic acid groups (broad SMARTS) is 10. The van der Waals surface area contributed by atoms with Crippen molar-refractivity contribution in [3.8, 4) is 0 Å². The molecule has 0 unspecified atom stereocenters. The van der Waals surface area contributed by atoms with Crippen molar-refractivity contribution < 1.29 is 117 Å². The Morgan fingerprint density at radius 2 is 0.702 bits per heavy atom. The lowest BCUT2D eigenvalue weighted by Crippen LogP contribution is -2.42. The van der Waals surface area contributed by atoms with Crippen LogP contribution in [0, 0.1) is 23.5 Å². The number of piperidine rings is 2. The second-order valence-corrected chi connectivity index (χ2v) is 20.3. The van der Waals surface area contributed by atoms with E-state index in [9.17, 15) is 18.4 Å². The molecule has 94 heavy (non-hydrogen) atoms. The van der Waals surface area contributed by atoms with E-state index in [0.29, 0.717) is 38.0 Å². The van der Waals surface area contributed by atoms with Gasteiger partial charge in [-0.1, -0.05) is 24.3 Å². The summed E-state index contributed by atoms with van der Waals surface area (Å²) < 4.78 is 31.0. The third-order valence-electron chi connectivity index (χ3n) is 13.1. The number of urea groups is 2. The number of aromatic nitrogens is 6. The molecule has 0 bridgehead atoms. The molecular formula is C58H62F2N12O22-10. The van der Waals surface area contributed by atoms with Crippen molar-refractivity contribution in [1.82, 2.24) is 59.3 Å². The fourth-order valence-corrected chi connectivity index (χ4v) is 8.50. The molecule has 510 valence electrons. The maximum absolute atomic E-state index is 13.3. The number of amides is 4. The summed E-state index contributed by atoms with van der Waals surface area (Å²) in [4.78, 5) is 139. The molecule has 2 aliphatic rings. The van der Waals surface area contributed by atoms with Gasteiger partial charge >= 0.3 is 12.1 Å². The highest BCUT2D eigenvalue weighted by Gasteiger charge is 2.25. The molecule has 2 saturated heterocycles. The van der Waals surface area contributed by atoms with Crippen LogP contribution in [-0.4, -0.2) is 201 Å². The first kappa shape index (κ1) is 78.8. The van der Waals surface area contributed by atoms with Crippen molar-refractivity contribution in [3.63, 3.8) is 0 Å². The van der Waals surface area contributed by atoms with Gasteiger partial charge in [-0.05, 0) is 123 Å². The molecule has 4 amide bonds. The van der Waals surface area contributed by atoms with E-state index in [4.69, 9.17) is 109 Å². The van der Waals surface area contributed by atoms with Gasteiger partial charge in [-0.2, -0.15) is 0 Å². The number of carboxylic acids is 10. The molecule has 8 rings (SSSR count). The SMILES string of the molecule is CN(C)C(=O)NCCN1CCC(Cc2nc3cccnc3n2Cc2ccc(F)cc2)CC1.CN(C)C(=O)NCCN1CCC(Cc2nc3cccnc3n2Cc2ccc(F)cc2)CC1.O=C([O-])C(=O)[O-].O=C([O-])C(=O)[O-].O=C([O-])C(=O)[O-].O=C([O-])C(=O)[O-].O=C([O-])C(=O)[O-]. The summed E-state index contributed by atoms with van der Waals surface area (Å²) in [6, 6.07) is 21.0. The molecular weight excluding hydrogens is 1250 g/mol. The minimum Gasteiger partial charge on any atom is -0.543 e. The van der Waals surface area contributed by atoms with Crippen LogP contribution >= 0.6 is 0 Å². The monoisotopic (exact) mass is 1320 g/mol. The van der Waals surface area contributed by atoms with Gasteiger partial charge in [-0.3, -0.25) is 0 Å². The van der Waals surface area contributed by atoms with Crippen molar-refractivity contribution in [1.29, 1.82) is 0 Å². The number of rotatable bonds is 14. The fourth-order valence-electron chi connectivity index (χ4n) is 8.50. The molecule has 6 heterocycles. The number of likely N-dealkylation sites (tertiary alicyclic amines) is 2. The van der Waals surface area contributed by atoms with E-state index >= 15 is 0 Å². The number of halogens is 2. The third kappa shape index (κ3) is 30.0. The van der Waals surface area contributed by atoms with Crippen LogP contribution < -0.4 is 61.7 Å². The summed E-state index contributed by atoms with van der Waals surface area (Å²) in [5.41, 5.74) is 5.62. The van der Waals surface area contributed by atoms with E-state index in [1.807, 2.05) is 48.5 Å². The second kappa shape index (κ2) is 40.4. The van der Waals surface area contributed by atoms with E-state index in [0.717, 1.165) is 123 Å². The number of pyridine rings is 2. The quantitative estimate of drug-likeness (QED) is 0.0956. The maximum atomic E-state index is 13.3. The van der Waals surface area contributed by atoms with Gasteiger partial charge in [0.15, 0.2) is 11.3 Å². The van der Waals surface area contributed by atoms with Gasteiger partial charge in [0.1, 0.15) is 34.3 Å². The lowest BCUT2D eigenvalue weighted by Gasteiger charge is -2.32. The van der Waals surface area contributed by atoms with Gasteiger partial charge < -0.3 is 138 Å². The van der Waals surface area contributed by atoms with E-state index in [2.05, 4.69) is 39.5 Å². The summed E-state index contributed by atoms with van der Waals surface area (Å²) in [5.74, 6) is -19.1. The number of imidazole rings is 2. The molecule has 0 atom stereocenters. The summed E-state index contributed by atoms with van der Waals surface area (Å²) in [6.07, 6.45) is 9.82. The predicted octanol–water partition coefficient (Wildman–Crippen LogP) is -11.3. The average Bonchev–Trinajstić information content (AvgIpc) is 1.66. The first-order chi connectivity index (χ1) is 44.2. The number of aliphatic carboxylic acids is 10. The van der Waals surface area contributed by atoms with Gasteiger partial charge in [0.2, 0.25) is 0 Å². The van der Waals surface area contributed by atoms with Crippen LogP contribution in [-0.2, 0) is 73.9 Å². The number of nitrogens with one attached hydrogen (secondary N) is 2. The molecule has 4 aromatic heterocycles. The molecule has 0 radical (unpaired) electrons. The summed E-state index contributed by atoms with van der Waals surface area (Å²) in [5, 5.41) is 95.1. The van der Waals surface area contributed by atoms with Crippen LogP contribution in [0.1, 0.15) is 48.5 Å². The molecule has 0 spiro atoms. The second-order valence-electron chi connectivity index (χ2n) is 20.3. The molecule has 2 N–H and O–H groups in total. The zero-order valence-corrected chi connectivity index (χ0v) is 50.8. The summed E-state index contributed by atoms with van der Waals surface area (Å²) in [6.45, 7) is 8.46. The van der Waals surface area contributed by atoms with E-state index in [1.165, 1.54) is 24.3 Å². The number of carbonyl (C=O) groups excluding carboxylic acids is 12. The number of fused-ring (bicyclic) bond motifs is 2. The molecule has 0 aliphatic carbocycles. The Morgan fingerprint density at radius 3 is 0.947 bits per heavy atom. The smallest absolute Gasteiger partial charge is 0.316 e. The first-order valence-corrected chi connectivity index (χ1v) is 27.8. The highest BCUT2D eigenvalue weighted by Crippen LogP contribution is 2.26. The largest absolute Gasteiger partial charge is 0.543 e. The molecule has 0 saturated carbocycles. The lowest BCUT2D eigenvalue weighted by atomic mass is 9.93. The Labute approximate surface area is 532 Å². The minimum absolute atomic E-state index is 0.0476. The number of benzene rings is 2. The Bertz CT molecular complexity index is 3160. The van der Waals surface area contributed by atoms with Crippen molar-refractivity contribution >= 4 is 94.1 Å². The minimum atomic E-state index is -2.19. The normalized spacial score (nSPS) is 12.7. The Balaban J connectivity index is 0.000000447. The standard InChI is InChI=1S/2C24H31FN6O.5C2H2O4/c2*1-29(2)24(32)27-12-15-30-13-9-18(10-14-30)16-22-28-21-4-3-11-26-23(21)31(22)17-19-5-7-20(25)8-6-19;5*3-1(4)2(5)6/h2*3-8,11,18H,9-10,12-17H2,1-2H3,(H,27,32);5*(H,3,4)(H,5,6)/p-10. The Kier molecular flexibility index (Phi) is 33.9. The van der Waals surface area contributed by atoms with E-state index in [-0.39, 0.29) is 23.7 Å². The number of hydrogen-bond donors (Lipinski definition) is 2. The molecule has 2 aliphatic heterocycles. The van der Waals surface area contributed by atoms with E-state index < -0.39 is 59.7 Å². The fraction of sp³-hybridized carbons (Fsp3) is 0.379. The van der Waals surface area contributed by atoms with Crippen LogP contribution in [0.25, 0.3) is 22.3 Å². The molecule has 2 fully saturated rings. The summed E-state index contributed by atoms with van der Waals surface area (Å²) in [7, 11) is 7.00. The van der Waals surface area contributed by atoms with Gasteiger partial charge in [0, 0.05) is 79.6 Å². The topological polar surface area (TPSA) is 534 Å². The zero-order valence-electron chi connectivity index (χ0n) is 50.8. The Hall–Kier alpha value is -11.3. The van der Waals surface area contributed by atoms with Crippen LogP contribution in [0.15, 0.2) is 85.2 Å². The van der Waals surface area contributed by atoms with Gasteiger partial charge in [-0.15, -0.1) is 0 Å². The Morgan fingerprint density at radius 1 is 0.436 bits per heavy atom. The zero-order chi connectivity index (χ0) is 70.8. The maximum Gasteiger partial charge on any atom is 0.316 e. The predicted molar refractivity (Wildman–Crippen MR) is 296 cm³/mol. The van der Waals surface area contributed by atoms with Crippen molar-refractivity contribution in [2.75, 3.05) is 80.5 Å². The van der Waals surface area contributed by atoms with Gasteiger partial charge in [0.25, 0.3) is 0 Å². The van der Waals surface area contributed by atoms with E-state index in [1.54, 1.807) is 50.4 Å². The van der Waals surface area contributed by atoms with Crippen LogP contribution in [0.5, 0.6) is 0 Å². The average molecular weight is 1320 g/mol. The number of nitrogens with zero attached hydrogens (tertiary/aromatic N) is 10. The number of carbonyl (C=O) groups is 12. The first-order valence-electron chi connectivity index (χ1n) is 27.8. The molecule has 36 heteroatoms. The van der Waals surface area contributed by atoms with Crippen LogP contribution in [0.4, 0.5) is 18.4 Å². The highest BCUT2D eigenvalue weighted by atomic mass is 19.1. The van der Waals surface area contributed by atoms with Crippen molar-refractivity contribution in [2.45, 2.75) is 51.6 Å². The molecule has 6 aromatic rings. The van der Waals surface area contributed by atoms with Crippen LogP contribution in [0.3, 0.4) is 0 Å². The molecule has 2 aromatic carbocycles.